The maximum Gasteiger partial charge on any atom is 0.325 e. The number of hydrogen-bond donors (Lipinski definition) is 1. The first kappa shape index (κ1) is 17.3. The van der Waals surface area contributed by atoms with Crippen LogP contribution in [0, 0.1) is 5.41 Å². The van der Waals surface area contributed by atoms with Crippen molar-refractivity contribution in [2.45, 2.75) is 40.2 Å². The highest BCUT2D eigenvalue weighted by atomic mass is 16.5. The van der Waals surface area contributed by atoms with E-state index in [0.717, 1.165) is 0 Å². The van der Waals surface area contributed by atoms with Crippen molar-refractivity contribution < 1.29 is 24.2 Å². The molecule has 0 aromatic carbocycles. The fourth-order valence-electron chi connectivity index (χ4n) is 2.30. The number of likely N-dealkylation sites (tertiary alicyclic amines) is 1. The summed E-state index contributed by atoms with van der Waals surface area (Å²) in [4.78, 5) is 38.2. The van der Waals surface area contributed by atoms with Crippen LogP contribution in [-0.4, -0.2) is 65.2 Å². The maximum absolute atomic E-state index is 12.5. The first-order valence-electron chi connectivity index (χ1n) is 7.16. The van der Waals surface area contributed by atoms with Gasteiger partial charge >= 0.3 is 18.0 Å². The molecule has 7 nitrogen and oxygen atoms in total. The fraction of sp³-hybridized carbons (Fsp3) is 0.786. The molecule has 1 aliphatic rings. The summed E-state index contributed by atoms with van der Waals surface area (Å²) in [6.45, 7) is 7.64. The van der Waals surface area contributed by atoms with Gasteiger partial charge in [0, 0.05) is 19.1 Å². The number of carbonyl (C=O) groups excluding carboxylic acids is 2. The molecule has 0 bridgehead atoms. The molecule has 2 amide bonds. The van der Waals surface area contributed by atoms with E-state index in [1.807, 2.05) is 13.8 Å². The van der Waals surface area contributed by atoms with Crippen LogP contribution in [0.1, 0.15) is 34.1 Å². The Balaban J connectivity index is 2.75. The van der Waals surface area contributed by atoms with Gasteiger partial charge in [-0.15, -0.1) is 0 Å². The molecule has 1 heterocycles. The van der Waals surface area contributed by atoms with Crippen LogP contribution in [0.3, 0.4) is 0 Å². The van der Waals surface area contributed by atoms with Gasteiger partial charge in [-0.25, -0.2) is 4.79 Å². The Morgan fingerprint density at radius 2 is 2.00 bits per heavy atom. The first-order valence-corrected chi connectivity index (χ1v) is 7.16. The smallest absolute Gasteiger partial charge is 0.325 e. The summed E-state index contributed by atoms with van der Waals surface area (Å²) in [5, 5.41) is 9.21. The van der Waals surface area contributed by atoms with Crippen LogP contribution in [-0.2, 0) is 14.3 Å². The van der Waals surface area contributed by atoms with Gasteiger partial charge in [0.15, 0.2) is 0 Å². The molecule has 1 unspecified atom stereocenters. The van der Waals surface area contributed by atoms with Gasteiger partial charge in [0.2, 0.25) is 0 Å². The standard InChI is InChI=1S/C14H24N2O5/c1-5-21-11(17)8-16(10(2)3)13(20)15-7-6-14(4,9-15)12(18)19/h10H,5-9H2,1-4H3,(H,18,19). The number of carboxylic acids is 1. The quantitative estimate of drug-likeness (QED) is 0.770. The Morgan fingerprint density at radius 1 is 1.38 bits per heavy atom. The number of urea groups is 1. The topological polar surface area (TPSA) is 87.2 Å². The zero-order valence-electron chi connectivity index (χ0n) is 13.1. The van der Waals surface area contributed by atoms with Crippen LogP contribution in [0.15, 0.2) is 0 Å². The number of hydrogen-bond acceptors (Lipinski definition) is 4. The predicted molar refractivity (Wildman–Crippen MR) is 75.8 cm³/mol. The van der Waals surface area contributed by atoms with Gasteiger partial charge in [0.05, 0.1) is 12.0 Å². The van der Waals surface area contributed by atoms with E-state index in [4.69, 9.17) is 4.74 Å². The van der Waals surface area contributed by atoms with E-state index in [-0.39, 0.29) is 31.8 Å². The van der Waals surface area contributed by atoms with Crippen LogP contribution in [0.25, 0.3) is 0 Å². The molecular weight excluding hydrogens is 276 g/mol. The van der Waals surface area contributed by atoms with E-state index in [9.17, 15) is 19.5 Å². The number of nitrogens with zero attached hydrogens (tertiary/aromatic N) is 2. The summed E-state index contributed by atoms with van der Waals surface area (Å²) >= 11 is 0. The van der Waals surface area contributed by atoms with Crippen molar-refractivity contribution >= 4 is 18.0 Å². The Labute approximate surface area is 124 Å². The minimum atomic E-state index is -0.914. The van der Waals surface area contributed by atoms with E-state index in [2.05, 4.69) is 0 Å². The van der Waals surface area contributed by atoms with Crippen molar-refractivity contribution in [1.29, 1.82) is 0 Å². The summed E-state index contributed by atoms with van der Waals surface area (Å²) in [6.07, 6.45) is 0.416. The van der Waals surface area contributed by atoms with Crippen LogP contribution in [0.4, 0.5) is 4.79 Å². The van der Waals surface area contributed by atoms with Gasteiger partial charge in [0.1, 0.15) is 6.54 Å². The first-order chi connectivity index (χ1) is 9.71. The number of amides is 2. The van der Waals surface area contributed by atoms with Gasteiger partial charge in [-0.05, 0) is 34.1 Å². The molecule has 0 aliphatic carbocycles. The number of ether oxygens (including phenoxy) is 1. The lowest BCUT2D eigenvalue weighted by Gasteiger charge is -2.31. The van der Waals surface area contributed by atoms with Gasteiger partial charge < -0.3 is 19.6 Å². The average molecular weight is 300 g/mol. The van der Waals surface area contributed by atoms with E-state index < -0.39 is 17.4 Å². The van der Waals surface area contributed by atoms with E-state index in [1.165, 1.54) is 9.80 Å². The number of rotatable bonds is 5. The molecule has 1 saturated heterocycles. The molecule has 7 heteroatoms. The Hall–Kier alpha value is -1.79. The Bertz CT molecular complexity index is 424. The largest absolute Gasteiger partial charge is 0.481 e. The predicted octanol–water partition coefficient (Wildman–Crippen LogP) is 1.18. The van der Waals surface area contributed by atoms with Crippen LogP contribution in [0.2, 0.25) is 0 Å². The minimum Gasteiger partial charge on any atom is -0.481 e. The molecule has 1 N–H and O–H groups in total. The highest BCUT2D eigenvalue weighted by Crippen LogP contribution is 2.30. The molecule has 1 atom stereocenters. The SMILES string of the molecule is CCOC(=O)CN(C(=O)N1CCC(C)(C(=O)O)C1)C(C)C. The molecule has 1 fully saturated rings. The average Bonchev–Trinajstić information content (AvgIpc) is 2.79. The lowest BCUT2D eigenvalue weighted by molar-refractivity contribution is -0.147. The summed E-state index contributed by atoms with van der Waals surface area (Å²) in [7, 11) is 0. The van der Waals surface area contributed by atoms with Gasteiger partial charge in [-0.2, -0.15) is 0 Å². The Morgan fingerprint density at radius 3 is 2.43 bits per heavy atom. The van der Waals surface area contributed by atoms with E-state index >= 15 is 0 Å². The highest BCUT2D eigenvalue weighted by Gasteiger charge is 2.43. The second kappa shape index (κ2) is 6.78. The number of carbonyl (C=O) groups is 3. The third kappa shape index (κ3) is 4.09. The highest BCUT2D eigenvalue weighted by molar-refractivity contribution is 5.83. The number of esters is 1. The van der Waals surface area contributed by atoms with Gasteiger partial charge in [-0.1, -0.05) is 0 Å². The zero-order chi connectivity index (χ0) is 16.2. The molecule has 0 radical (unpaired) electrons. The van der Waals surface area contributed by atoms with Crippen LogP contribution >= 0.6 is 0 Å². The normalized spacial score (nSPS) is 21.5. The fourth-order valence-corrected chi connectivity index (χ4v) is 2.30. The summed E-state index contributed by atoms with van der Waals surface area (Å²) in [6, 6.07) is -0.485. The second-order valence-corrected chi connectivity index (χ2v) is 5.85. The van der Waals surface area contributed by atoms with Crippen molar-refractivity contribution in [1.82, 2.24) is 9.80 Å². The molecule has 1 rings (SSSR count). The molecule has 0 spiro atoms. The van der Waals surface area contributed by atoms with Crippen LogP contribution in [0.5, 0.6) is 0 Å². The lowest BCUT2D eigenvalue weighted by Crippen LogP contribution is -2.48. The minimum absolute atomic E-state index is 0.120. The van der Waals surface area contributed by atoms with Gasteiger partial charge in [0.25, 0.3) is 0 Å². The van der Waals surface area contributed by atoms with E-state index in [1.54, 1.807) is 13.8 Å². The van der Waals surface area contributed by atoms with Crippen molar-refractivity contribution in [2.75, 3.05) is 26.2 Å². The number of aliphatic carboxylic acids is 1. The van der Waals surface area contributed by atoms with E-state index in [0.29, 0.717) is 13.0 Å². The number of carboxylic acid groups (broad SMARTS) is 1. The monoisotopic (exact) mass is 300 g/mol. The third-order valence-electron chi connectivity index (χ3n) is 3.73. The lowest BCUT2D eigenvalue weighted by atomic mass is 9.90. The zero-order valence-corrected chi connectivity index (χ0v) is 13.1. The molecule has 120 valence electrons. The van der Waals surface area contributed by atoms with Crippen molar-refractivity contribution in [3.05, 3.63) is 0 Å². The summed E-state index contributed by atoms with van der Waals surface area (Å²) in [5.41, 5.74) is -0.914. The van der Waals surface area contributed by atoms with Crippen molar-refractivity contribution in [3.8, 4) is 0 Å². The van der Waals surface area contributed by atoms with Crippen molar-refractivity contribution in [2.24, 2.45) is 5.41 Å². The molecule has 0 aromatic rings. The second-order valence-electron chi connectivity index (χ2n) is 5.85. The molecule has 21 heavy (non-hydrogen) atoms. The molecular formula is C14H24N2O5. The summed E-state index contributed by atoms with van der Waals surface area (Å²) < 4.78 is 4.87. The molecule has 1 aliphatic heterocycles. The maximum atomic E-state index is 12.5. The van der Waals surface area contributed by atoms with Crippen molar-refractivity contribution in [3.63, 3.8) is 0 Å². The summed E-state index contributed by atoms with van der Waals surface area (Å²) in [5.74, 6) is -1.36. The molecule has 0 aromatic heterocycles. The van der Waals surface area contributed by atoms with Gasteiger partial charge in [-0.3, -0.25) is 9.59 Å². The van der Waals surface area contributed by atoms with Crippen LogP contribution < -0.4 is 0 Å². The third-order valence-corrected chi connectivity index (χ3v) is 3.73. The Kier molecular flexibility index (Phi) is 5.57. The molecule has 0 saturated carbocycles.